The lowest BCUT2D eigenvalue weighted by Crippen LogP contribution is -2.24. The summed E-state index contributed by atoms with van der Waals surface area (Å²) in [6, 6.07) is 5.93. The minimum absolute atomic E-state index is 0.0523. The molecular weight excluding hydrogens is 314 g/mol. The molecular formula is C17H29NO4S. The fourth-order valence-electron chi connectivity index (χ4n) is 2.46. The van der Waals surface area contributed by atoms with Crippen LogP contribution in [-0.4, -0.2) is 34.7 Å². The fourth-order valence-corrected chi connectivity index (χ4v) is 3.61. The van der Waals surface area contributed by atoms with Crippen LogP contribution >= 0.6 is 0 Å². The third-order valence-corrected chi connectivity index (χ3v) is 5.07. The average molecular weight is 343 g/mol. The number of para-hydroxylation sites is 1. The lowest BCUT2D eigenvalue weighted by molar-refractivity contribution is -0.102. The molecule has 0 saturated carbocycles. The van der Waals surface area contributed by atoms with Crippen molar-refractivity contribution in [3.05, 3.63) is 29.3 Å². The molecule has 1 rings (SSSR count). The van der Waals surface area contributed by atoms with Gasteiger partial charge in [-0.1, -0.05) is 45.9 Å². The Labute approximate surface area is 140 Å². The van der Waals surface area contributed by atoms with Gasteiger partial charge >= 0.3 is 0 Å². The predicted molar refractivity (Wildman–Crippen MR) is 94.5 cm³/mol. The van der Waals surface area contributed by atoms with Crippen LogP contribution in [0, 0.1) is 0 Å². The van der Waals surface area contributed by atoms with Crippen molar-refractivity contribution in [1.82, 2.24) is 0 Å². The number of nitrogens with one attached hydrogen (secondary N) is 1. The second-order valence-electron chi connectivity index (χ2n) is 6.23. The van der Waals surface area contributed by atoms with E-state index in [1.54, 1.807) is 0 Å². The molecule has 0 aliphatic rings. The van der Waals surface area contributed by atoms with E-state index in [0.717, 1.165) is 11.1 Å². The topological polar surface area (TPSA) is 64.6 Å². The van der Waals surface area contributed by atoms with Crippen molar-refractivity contribution < 1.29 is 17.9 Å². The molecule has 0 unspecified atom stereocenters. The van der Waals surface area contributed by atoms with Crippen molar-refractivity contribution >= 4 is 15.7 Å². The minimum Gasteiger partial charge on any atom is -0.356 e. The molecule has 0 bridgehead atoms. The normalized spacial score (nSPS) is 12.4. The maximum absolute atomic E-state index is 12.5. The minimum atomic E-state index is -3.47. The average Bonchev–Trinajstić information content (AvgIpc) is 2.47. The Morgan fingerprint density at radius 1 is 1.00 bits per heavy atom. The first kappa shape index (κ1) is 19.9. The molecule has 1 N–H and O–H groups in total. The van der Waals surface area contributed by atoms with E-state index in [9.17, 15) is 8.42 Å². The summed E-state index contributed by atoms with van der Waals surface area (Å²) in [5, 5.41) is 0. The van der Waals surface area contributed by atoms with Crippen LogP contribution in [0.15, 0.2) is 18.2 Å². The Kier molecular flexibility index (Phi) is 7.51. The summed E-state index contributed by atoms with van der Waals surface area (Å²) in [7, 11) is -0.474. The molecule has 0 radical (unpaired) electrons. The number of anilines is 1. The molecule has 0 aliphatic carbocycles. The molecule has 1 aromatic carbocycles. The molecule has 132 valence electrons. The number of benzene rings is 1. The van der Waals surface area contributed by atoms with Crippen molar-refractivity contribution in [1.29, 1.82) is 0 Å². The van der Waals surface area contributed by atoms with Crippen molar-refractivity contribution in [2.75, 3.05) is 24.7 Å². The molecule has 0 atom stereocenters. The Hall–Kier alpha value is -1.11. The third-order valence-electron chi connectivity index (χ3n) is 3.78. The van der Waals surface area contributed by atoms with E-state index in [-0.39, 0.29) is 24.0 Å². The van der Waals surface area contributed by atoms with Crippen LogP contribution in [0.25, 0.3) is 0 Å². The van der Waals surface area contributed by atoms with Gasteiger partial charge in [-0.05, 0) is 23.0 Å². The first-order chi connectivity index (χ1) is 10.7. The lowest BCUT2D eigenvalue weighted by Gasteiger charge is -2.21. The predicted octanol–water partition coefficient (Wildman–Crippen LogP) is 3.68. The van der Waals surface area contributed by atoms with Gasteiger partial charge in [-0.3, -0.25) is 4.72 Å². The highest BCUT2D eigenvalue weighted by Crippen LogP contribution is 2.33. The smallest absolute Gasteiger partial charge is 0.232 e. The fraction of sp³-hybridized carbons (Fsp3) is 0.647. The van der Waals surface area contributed by atoms with Crippen LogP contribution in [-0.2, 0) is 19.5 Å². The number of sulfonamides is 1. The van der Waals surface area contributed by atoms with E-state index in [1.807, 2.05) is 18.2 Å². The number of hydrogen-bond donors (Lipinski definition) is 1. The van der Waals surface area contributed by atoms with Crippen LogP contribution in [0.5, 0.6) is 0 Å². The lowest BCUT2D eigenvalue weighted by atomic mass is 9.93. The summed E-state index contributed by atoms with van der Waals surface area (Å²) in [5.74, 6) is 0.415. The first-order valence-corrected chi connectivity index (χ1v) is 9.56. The van der Waals surface area contributed by atoms with Gasteiger partial charge in [0.25, 0.3) is 0 Å². The number of hydrogen-bond acceptors (Lipinski definition) is 4. The van der Waals surface area contributed by atoms with Crippen molar-refractivity contribution in [2.45, 2.75) is 52.2 Å². The maximum Gasteiger partial charge on any atom is 0.232 e. The van der Waals surface area contributed by atoms with Gasteiger partial charge in [-0.2, -0.15) is 0 Å². The summed E-state index contributed by atoms with van der Waals surface area (Å²) in [6.07, 6.45) is -0.236. The largest absolute Gasteiger partial charge is 0.356 e. The maximum atomic E-state index is 12.5. The molecule has 0 amide bonds. The first-order valence-electron chi connectivity index (χ1n) is 7.90. The Bertz CT molecular complexity index is 566. The van der Waals surface area contributed by atoms with Crippen molar-refractivity contribution in [2.24, 2.45) is 0 Å². The number of methoxy groups -OCH3 is 2. The molecule has 0 aliphatic heterocycles. The van der Waals surface area contributed by atoms with Gasteiger partial charge in [0.2, 0.25) is 10.0 Å². The van der Waals surface area contributed by atoms with Crippen molar-refractivity contribution in [3.63, 3.8) is 0 Å². The van der Waals surface area contributed by atoms with Crippen LogP contribution in [0.2, 0.25) is 0 Å². The van der Waals surface area contributed by atoms with Gasteiger partial charge in [-0.15, -0.1) is 0 Å². The Morgan fingerprint density at radius 2 is 1.48 bits per heavy atom. The highest BCUT2D eigenvalue weighted by molar-refractivity contribution is 7.92. The standard InChI is InChI=1S/C17H29NO4S/c1-12(2)14-8-7-9-15(13(3)4)17(14)18-23(19,20)11-10-16(21-5)22-6/h7-9,12-13,16,18H,10-11H2,1-6H3. The van der Waals surface area contributed by atoms with Gasteiger partial charge < -0.3 is 9.47 Å². The Balaban J connectivity index is 3.06. The third kappa shape index (κ3) is 5.79. The molecule has 0 heterocycles. The van der Waals surface area contributed by atoms with E-state index >= 15 is 0 Å². The van der Waals surface area contributed by atoms with Crippen LogP contribution in [0.1, 0.15) is 57.1 Å². The van der Waals surface area contributed by atoms with Gasteiger partial charge in [-0.25, -0.2) is 8.42 Å². The van der Waals surface area contributed by atoms with Crippen LogP contribution < -0.4 is 4.72 Å². The molecule has 23 heavy (non-hydrogen) atoms. The molecule has 0 fully saturated rings. The Morgan fingerprint density at radius 3 is 1.87 bits per heavy atom. The SMILES string of the molecule is COC(CCS(=O)(=O)Nc1c(C(C)C)cccc1C(C)C)OC. The number of rotatable bonds is 9. The number of ether oxygens (including phenoxy) is 2. The summed E-state index contributed by atoms with van der Waals surface area (Å²) < 4.78 is 37.8. The second kappa shape index (κ2) is 8.66. The van der Waals surface area contributed by atoms with E-state index in [0.29, 0.717) is 5.69 Å². The van der Waals surface area contributed by atoms with E-state index in [2.05, 4.69) is 32.4 Å². The van der Waals surface area contributed by atoms with Gasteiger partial charge in [0.15, 0.2) is 6.29 Å². The van der Waals surface area contributed by atoms with E-state index in [4.69, 9.17) is 9.47 Å². The van der Waals surface area contributed by atoms with Gasteiger partial charge in [0, 0.05) is 20.6 Å². The summed E-state index contributed by atoms with van der Waals surface area (Å²) in [6.45, 7) is 8.23. The summed E-state index contributed by atoms with van der Waals surface area (Å²) in [5.41, 5.74) is 2.73. The highest BCUT2D eigenvalue weighted by Gasteiger charge is 2.20. The molecule has 0 aromatic heterocycles. The zero-order valence-corrected chi connectivity index (χ0v) is 15.7. The molecule has 6 heteroatoms. The van der Waals surface area contributed by atoms with Gasteiger partial charge in [0.1, 0.15) is 0 Å². The van der Waals surface area contributed by atoms with E-state index in [1.165, 1.54) is 14.2 Å². The molecule has 1 aromatic rings. The molecule has 5 nitrogen and oxygen atoms in total. The van der Waals surface area contributed by atoms with Gasteiger partial charge in [0.05, 0.1) is 11.4 Å². The second-order valence-corrected chi connectivity index (χ2v) is 8.07. The summed E-state index contributed by atoms with van der Waals surface area (Å²) in [4.78, 5) is 0. The van der Waals surface area contributed by atoms with Crippen molar-refractivity contribution in [3.8, 4) is 0 Å². The quantitative estimate of drug-likeness (QED) is 0.695. The van der Waals surface area contributed by atoms with Crippen LogP contribution in [0.3, 0.4) is 0 Å². The monoisotopic (exact) mass is 343 g/mol. The summed E-state index contributed by atoms with van der Waals surface area (Å²) >= 11 is 0. The zero-order valence-electron chi connectivity index (χ0n) is 14.9. The van der Waals surface area contributed by atoms with Crippen LogP contribution in [0.4, 0.5) is 5.69 Å². The zero-order chi connectivity index (χ0) is 17.6. The molecule has 0 spiro atoms. The van der Waals surface area contributed by atoms with E-state index < -0.39 is 16.3 Å². The molecule has 0 saturated heterocycles. The highest BCUT2D eigenvalue weighted by atomic mass is 32.2.